The SMILES string of the molecule is [2H]C([2H])(OP(=O)(O)O)N1C(=O)C(C([2H])([2H])[2H])(C([2H])([2H])[2H])Oc2ccc(Nc3nc(Nc4cc(OC)c(OC)c(OC)c4)ncc3F)nc21. The van der Waals surface area contributed by atoms with E-state index in [1.54, 1.807) is 0 Å². The molecule has 0 aliphatic carbocycles. The van der Waals surface area contributed by atoms with Gasteiger partial charge in [-0.05, 0) is 25.8 Å². The summed E-state index contributed by atoms with van der Waals surface area (Å²) in [6.07, 6.45) is 0.764. The molecule has 0 fully saturated rings. The highest BCUT2D eigenvalue weighted by Crippen LogP contribution is 2.42. The lowest BCUT2D eigenvalue weighted by Crippen LogP contribution is -2.53. The third kappa shape index (κ3) is 6.15. The second-order valence-electron chi connectivity index (χ2n) is 7.67. The molecule has 0 atom stereocenters. The van der Waals surface area contributed by atoms with Gasteiger partial charge in [0.2, 0.25) is 11.7 Å². The Morgan fingerprint density at radius 2 is 1.85 bits per heavy atom. The number of phosphoric ester groups is 1. The second kappa shape index (κ2) is 11.1. The van der Waals surface area contributed by atoms with Crippen LogP contribution in [0.15, 0.2) is 30.5 Å². The molecule has 3 aromatic rings. The average molecular weight is 589 g/mol. The zero-order chi connectivity index (χ0) is 36.0. The molecule has 1 aliphatic heterocycles. The predicted octanol–water partition coefficient (Wildman–Crippen LogP) is 3.09. The number of hydrogen-bond donors (Lipinski definition) is 4. The van der Waals surface area contributed by atoms with E-state index in [1.165, 1.54) is 33.5 Å². The standard InChI is InChI=1S/C23H26FN6O9P/c1-23(2)21(31)30(11-38-40(32,33)34)20-14(39-23)6-7-17(28-20)27-19-13(24)10-25-22(29-19)26-12-8-15(35-3)18(37-5)16(9-12)36-4/h6-10H,11H2,1-5H3,(H2,32,33,34)(H2,25,26,27,28,29)/i1D3,2D3,11D2. The number of carbonyl (C=O) groups is 1. The van der Waals surface area contributed by atoms with Gasteiger partial charge in [-0.25, -0.2) is 18.9 Å². The number of anilines is 5. The van der Waals surface area contributed by atoms with Crippen LogP contribution in [0.5, 0.6) is 23.0 Å². The van der Waals surface area contributed by atoms with Gasteiger partial charge in [0.25, 0.3) is 5.91 Å². The third-order valence-corrected chi connectivity index (χ3v) is 5.30. The van der Waals surface area contributed by atoms with Crippen molar-refractivity contribution in [2.24, 2.45) is 0 Å². The molecule has 3 heterocycles. The minimum atomic E-state index is -5.77. The fourth-order valence-corrected chi connectivity index (χ4v) is 3.49. The summed E-state index contributed by atoms with van der Waals surface area (Å²) in [5.74, 6) is -5.32. The Balaban J connectivity index is 1.79. The maximum Gasteiger partial charge on any atom is 0.471 e. The first-order chi connectivity index (χ1) is 22.1. The number of nitrogens with one attached hydrogen (secondary N) is 2. The van der Waals surface area contributed by atoms with Gasteiger partial charge >= 0.3 is 7.82 Å². The minimum Gasteiger partial charge on any atom is -0.493 e. The molecule has 2 aromatic heterocycles. The highest BCUT2D eigenvalue weighted by Gasteiger charge is 2.42. The quantitative estimate of drug-likeness (QED) is 0.253. The zero-order valence-electron chi connectivity index (χ0n) is 28.8. The van der Waals surface area contributed by atoms with Gasteiger partial charge in [0, 0.05) is 26.0 Å². The highest BCUT2D eigenvalue weighted by molar-refractivity contribution is 7.46. The Bertz CT molecular complexity index is 1740. The van der Waals surface area contributed by atoms with E-state index in [-0.39, 0.29) is 28.1 Å². The van der Waals surface area contributed by atoms with Crippen LogP contribution >= 0.6 is 7.82 Å². The molecule has 0 saturated carbocycles. The van der Waals surface area contributed by atoms with Crippen LogP contribution in [0.25, 0.3) is 0 Å². The number of benzene rings is 1. The zero-order valence-corrected chi connectivity index (χ0v) is 21.6. The number of methoxy groups -OCH3 is 3. The van der Waals surface area contributed by atoms with E-state index in [9.17, 15) is 23.5 Å². The molecular weight excluding hydrogens is 554 g/mol. The summed E-state index contributed by atoms with van der Waals surface area (Å²) in [6.45, 7) is -11.5. The Morgan fingerprint density at radius 1 is 1.15 bits per heavy atom. The van der Waals surface area contributed by atoms with E-state index in [0.717, 1.165) is 18.3 Å². The van der Waals surface area contributed by atoms with Crippen LogP contribution < -0.4 is 34.5 Å². The first-order valence-corrected chi connectivity index (χ1v) is 12.3. The fraction of sp³-hybridized carbons (Fsp3) is 0.304. The second-order valence-corrected chi connectivity index (χ2v) is 8.83. The molecule has 4 rings (SSSR count). The summed E-state index contributed by atoms with van der Waals surface area (Å²) in [4.78, 5) is 43.7. The smallest absolute Gasteiger partial charge is 0.471 e. The first-order valence-electron chi connectivity index (χ1n) is 14.8. The van der Waals surface area contributed by atoms with Crippen molar-refractivity contribution in [1.29, 1.82) is 0 Å². The molecule has 214 valence electrons. The number of pyridine rings is 1. The van der Waals surface area contributed by atoms with Crippen LogP contribution in [0.3, 0.4) is 0 Å². The van der Waals surface area contributed by atoms with E-state index in [2.05, 4.69) is 30.1 Å². The van der Waals surface area contributed by atoms with Crippen LogP contribution in [0, 0.1) is 5.82 Å². The third-order valence-electron chi connectivity index (χ3n) is 4.98. The predicted molar refractivity (Wildman–Crippen MR) is 139 cm³/mol. The molecule has 4 N–H and O–H groups in total. The number of aromatic nitrogens is 3. The van der Waals surface area contributed by atoms with Crippen LogP contribution in [-0.2, 0) is 13.9 Å². The van der Waals surface area contributed by atoms with E-state index >= 15 is 0 Å². The molecule has 0 radical (unpaired) electrons. The van der Waals surface area contributed by atoms with Crippen molar-refractivity contribution < 1.29 is 58.0 Å². The summed E-state index contributed by atoms with van der Waals surface area (Å²) in [5.41, 5.74) is -3.46. The molecule has 15 nitrogen and oxygen atoms in total. The maximum atomic E-state index is 14.9. The number of nitrogens with zero attached hydrogens (tertiary/aromatic N) is 4. The van der Waals surface area contributed by atoms with Crippen molar-refractivity contribution >= 4 is 42.8 Å². The van der Waals surface area contributed by atoms with Crippen molar-refractivity contribution in [3.8, 4) is 23.0 Å². The van der Waals surface area contributed by atoms with Gasteiger partial charge in [-0.3, -0.25) is 14.2 Å². The van der Waals surface area contributed by atoms with Gasteiger partial charge in [-0.1, -0.05) is 0 Å². The Hall–Kier alpha value is -4.24. The fourth-order valence-electron chi connectivity index (χ4n) is 3.30. The normalized spacial score (nSPS) is 18.1. The van der Waals surface area contributed by atoms with Crippen molar-refractivity contribution in [2.45, 2.75) is 19.3 Å². The maximum absolute atomic E-state index is 14.9. The lowest BCUT2D eigenvalue weighted by Gasteiger charge is -2.37. The summed E-state index contributed by atoms with van der Waals surface area (Å²) in [5, 5.41) is 5.26. The largest absolute Gasteiger partial charge is 0.493 e. The molecular formula is C23H26FN6O9P. The number of ether oxygens (including phenoxy) is 4. The van der Waals surface area contributed by atoms with Crippen molar-refractivity contribution in [3.05, 3.63) is 36.3 Å². The summed E-state index contributed by atoms with van der Waals surface area (Å²) < 4.78 is 115. The minimum absolute atomic E-state index is 0.183. The number of phosphoric acid groups is 1. The van der Waals surface area contributed by atoms with Crippen molar-refractivity contribution in [2.75, 3.05) is 43.5 Å². The molecule has 0 unspecified atom stereocenters. The molecule has 0 bridgehead atoms. The number of hydrogen-bond acceptors (Lipinski definition) is 12. The van der Waals surface area contributed by atoms with Gasteiger partial charge < -0.3 is 39.4 Å². The van der Waals surface area contributed by atoms with Crippen LogP contribution in [0.2, 0.25) is 0 Å². The van der Waals surface area contributed by atoms with Crippen LogP contribution in [0.1, 0.15) is 24.7 Å². The lowest BCUT2D eigenvalue weighted by atomic mass is 10.1. The van der Waals surface area contributed by atoms with Gasteiger partial charge in [-0.15, -0.1) is 0 Å². The van der Waals surface area contributed by atoms with Crippen molar-refractivity contribution in [1.82, 2.24) is 15.0 Å². The van der Waals surface area contributed by atoms with E-state index < -0.39 is 68.7 Å². The number of fused-ring (bicyclic) bond motifs is 1. The van der Waals surface area contributed by atoms with E-state index in [4.69, 9.17) is 29.9 Å². The molecule has 0 spiro atoms. The Labute approximate surface area is 238 Å². The summed E-state index contributed by atoms with van der Waals surface area (Å²) in [6, 6.07) is 4.87. The monoisotopic (exact) mass is 588 g/mol. The van der Waals surface area contributed by atoms with Gasteiger partial charge in [0.05, 0.1) is 30.3 Å². The van der Waals surface area contributed by atoms with Gasteiger partial charge in [-0.2, -0.15) is 4.98 Å². The summed E-state index contributed by atoms with van der Waals surface area (Å²) >= 11 is 0. The van der Waals surface area contributed by atoms with E-state index in [0.29, 0.717) is 5.69 Å². The molecule has 1 amide bonds. The number of amides is 1. The lowest BCUT2D eigenvalue weighted by molar-refractivity contribution is -0.133. The molecule has 1 aliphatic rings. The highest BCUT2D eigenvalue weighted by atomic mass is 31.2. The topological polar surface area (TPSA) is 187 Å². The van der Waals surface area contributed by atoms with Gasteiger partial charge in [0.15, 0.2) is 40.3 Å². The molecule has 1 aromatic carbocycles. The van der Waals surface area contributed by atoms with Crippen LogP contribution in [-0.4, -0.2) is 64.3 Å². The number of rotatable bonds is 10. The van der Waals surface area contributed by atoms with Crippen LogP contribution in [0.4, 0.5) is 33.5 Å². The molecule has 17 heteroatoms. The van der Waals surface area contributed by atoms with Crippen molar-refractivity contribution in [3.63, 3.8) is 0 Å². The summed E-state index contributed by atoms with van der Waals surface area (Å²) in [7, 11) is -1.59. The Morgan fingerprint density at radius 3 is 2.45 bits per heavy atom. The molecule has 0 saturated heterocycles. The number of halogens is 1. The molecule has 40 heavy (non-hydrogen) atoms. The van der Waals surface area contributed by atoms with E-state index in [1.807, 2.05) is 0 Å². The van der Waals surface area contributed by atoms with Gasteiger partial charge in [0.1, 0.15) is 12.5 Å². The number of carbonyl (C=O) groups excluding carboxylic acids is 1. The average Bonchev–Trinajstić information content (AvgIpc) is 2.95. The first kappa shape index (κ1) is 19.8. The Kier molecular flexibility index (Phi) is 5.48.